The highest BCUT2D eigenvalue weighted by atomic mass is 32.1. The molecule has 0 saturated heterocycles. The van der Waals surface area contributed by atoms with Crippen molar-refractivity contribution in [3.8, 4) is 11.5 Å². The number of benzene rings is 4. The van der Waals surface area contributed by atoms with Gasteiger partial charge in [0.25, 0.3) is 5.91 Å². The van der Waals surface area contributed by atoms with Crippen molar-refractivity contribution in [2.75, 3.05) is 18.6 Å². The number of hydrogen-bond donors (Lipinski definition) is 0. The Balaban J connectivity index is 1.71. The predicted octanol–water partition coefficient (Wildman–Crippen LogP) is 7.01. The lowest BCUT2D eigenvalue weighted by Gasteiger charge is -2.22. The van der Waals surface area contributed by atoms with Gasteiger partial charge in [-0.3, -0.25) is 9.69 Å². The summed E-state index contributed by atoms with van der Waals surface area (Å²) < 4.78 is 12.5. The van der Waals surface area contributed by atoms with Crippen molar-refractivity contribution in [2.45, 2.75) is 20.4 Å². The molecule has 0 aliphatic rings. The van der Waals surface area contributed by atoms with Gasteiger partial charge in [-0.25, -0.2) is 4.98 Å². The molecule has 5 nitrogen and oxygen atoms in total. The van der Waals surface area contributed by atoms with Crippen LogP contribution in [0.5, 0.6) is 11.5 Å². The van der Waals surface area contributed by atoms with E-state index in [9.17, 15) is 4.79 Å². The molecule has 1 aromatic heterocycles. The molecule has 0 saturated carbocycles. The van der Waals surface area contributed by atoms with E-state index in [0.29, 0.717) is 35.3 Å². The Labute approximate surface area is 208 Å². The molecule has 0 fully saturated rings. The molecule has 0 unspecified atom stereocenters. The highest BCUT2D eigenvalue weighted by Gasteiger charge is 2.27. The third kappa shape index (κ3) is 4.33. The van der Waals surface area contributed by atoms with Crippen LogP contribution < -0.4 is 14.4 Å². The number of amides is 1. The maximum absolute atomic E-state index is 14.4. The van der Waals surface area contributed by atoms with Gasteiger partial charge in [0.05, 0.1) is 30.5 Å². The lowest BCUT2D eigenvalue weighted by Crippen LogP contribution is -2.31. The van der Waals surface area contributed by atoms with E-state index < -0.39 is 0 Å². The second-order valence-corrected chi connectivity index (χ2v) is 9.21. The van der Waals surface area contributed by atoms with Gasteiger partial charge >= 0.3 is 0 Å². The summed E-state index contributed by atoms with van der Waals surface area (Å²) in [5, 5.41) is 2.47. The second-order valence-electron chi connectivity index (χ2n) is 8.23. The van der Waals surface area contributed by atoms with E-state index in [4.69, 9.17) is 14.5 Å². The van der Waals surface area contributed by atoms with Crippen molar-refractivity contribution in [1.82, 2.24) is 4.98 Å². The maximum Gasteiger partial charge on any atom is 0.264 e. The molecule has 35 heavy (non-hydrogen) atoms. The van der Waals surface area contributed by atoms with E-state index in [1.54, 1.807) is 12.0 Å². The molecular formula is C29H26N2O3S. The zero-order valence-electron chi connectivity index (χ0n) is 19.9. The number of thiazole rings is 1. The first-order valence-electron chi connectivity index (χ1n) is 11.5. The van der Waals surface area contributed by atoms with Gasteiger partial charge in [0.15, 0.2) is 5.13 Å². The fraction of sp³-hybridized carbons (Fsp3) is 0.172. The van der Waals surface area contributed by atoms with Crippen molar-refractivity contribution in [1.29, 1.82) is 0 Å². The normalized spacial score (nSPS) is 11.1. The summed E-state index contributed by atoms with van der Waals surface area (Å²) in [6.45, 7) is 4.82. The van der Waals surface area contributed by atoms with Crippen molar-refractivity contribution in [2.24, 2.45) is 0 Å². The zero-order chi connectivity index (χ0) is 24.4. The zero-order valence-corrected chi connectivity index (χ0v) is 20.8. The fourth-order valence-electron chi connectivity index (χ4n) is 4.25. The summed E-state index contributed by atoms with van der Waals surface area (Å²) >= 11 is 1.50. The second kappa shape index (κ2) is 9.76. The number of fused-ring (bicyclic) bond motifs is 2. The summed E-state index contributed by atoms with van der Waals surface area (Å²) in [6, 6.07) is 25.7. The average molecular weight is 483 g/mol. The van der Waals surface area contributed by atoms with Crippen LogP contribution >= 0.6 is 11.3 Å². The number of carbonyl (C=O) groups excluding carboxylic acids is 1. The smallest absolute Gasteiger partial charge is 0.264 e. The summed E-state index contributed by atoms with van der Waals surface area (Å²) in [6.07, 6.45) is 0. The van der Waals surface area contributed by atoms with Crippen LogP contribution in [0.1, 0.15) is 28.4 Å². The van der Waals surface area contributed by atoms with Crippen LogP contribution in [0.25, 0.3) is 21.0 Å². The summed E-state index contributed by atoms with van der Waals surface area (Å²) in [5.41, 5.74) is 3.42. The lowest BCUT2D eigenvalue weighted by molar-refractivity contribution is 0.0983. The molecule has 0 radical (unpaired) electrons. The van der Waals surface area contributed by atoms with Gasteiger partial charge in [-0.1, -0.05) is 78.1 Å². The maximum atomic E-state index is 14.4. The van der Waals surface area contributed by atoms with Gasteiger partial charge in [0.1, 0.15) is 17.0 Å². The van der Waals surface area contributed by atoms with Crippen LogP contribution in [-0.4, -0.2) is 24.6 Å². The highest BCUT2D eigenvalue weighted by molar-refractivity contribution is 7.22. The summed E-state index contributed by atoms with van der Waals surface area (Å²) in [4.78, 5) is 21.0. The van der Waals surface area contributed by atoms with E-state index in [0.717, 1.165) is 32.1 Å². The van der Waals surface area contributed by atoms with Crippen molar-refractivity contribution in [3.05, 3.63) is 95.6 Å². The van der Waals surface area contributed by atoms with Gasteiger partial charge in [0.2, 0.25) is 0 Å². The van der Waals surface area contributed by atoms with Crippen molar-refractivity contribution >= 4 is 43.4 Å². The fourth-order valence-corrected chi connectivity index (χ4v) is 5.30. The first-order valence-corrected chi connectivity index (χ1v) is 12.4. The third-order valence-electron chi connectivity index (χ3n) is 5.98. The molecular weight excluding hydrogens is 456 g/mol. The Morgan fingerprint density at radius 1 is 0.943 bits per heavy atom. The van der Waals surface area contributed by atoms with E-state index in [2.05, 4.69) is 0 Å². The number of ether oxygens (including phenoxy) is 2. The van der Waals surface area contributed by atoms with Crippen LogP contribution in [0.4, 0.5) is 5.13 Å². The van der Waals surface area contributed by atoms with Gasteiger partial charge in [-0.15, -0.1) is 0 Å². The molecule has 0 atom stereocenters. The summed E-state index contributed by atoms with van der Waals surface area (Å²) in [7, 11) is 1.64. The lowest BCUT2D eigenvalue weighted by atomic mass is 10.0. The van der Waals surface area contributed by atoms with Gasteiger partial charge in [-0.05, 0) is 47.9 Å². The van der Waals surface area contributed by atoms with Gasteiger partial charge < -0.3 is 9.47 Å². The first-order chi connectivity index (χ1) is 17.1. The van der Waals surface area contributed by atoms with Crippen LogP contribution in [0.2, 0.25) is 0 Å². The number of anilines is 1. The van der Waals surface area contributed by atoms with E-state index >= 15 is 0 Å². The number of aromatic nitrogens is 1. The van der Waals surface area contributed by atoms with E-state index in [1.165, 1.54) is 11.3 Å². The molecule has 5 aromatic rings. The standard InChI is InChI=1S/C29H26N2O3S/c1-4-34-23-17-15-21-12-8-9-13-22(21)25(23)28(32)31(18-20-10-6-5-7-11-20)29-30-26-24(33-3)16-14-19(2)27(26)35-29/h5-17H,4,18H2,1-3H3. The molecule has 1 heterocycles. The Bertz CT molecular complexity index is 1510. The molecule has 1 amide bonds. The number of carbonyl (C=O) groups is 1. The molecule has 0 spiro atoms. The molecule has 0 N–H and O–H groups in total. The topological polar surface area (TPSA) is 51.7 Å². The molecule has 4 aromatic carbocycles. The Morgan fingerprint density at radius 2 is 1.69 bits per heavy atom. The average Bonchev–Trinajstić information content (AvgIpc) is 3.34. The highest BCUT2D eigenvalue weighted by Crippen LogP contribution is 2.39. The van der Waals surface area contributed by atoms with E-state index in [-0.39, 0.29) is 5.91 Å². The number of hydrogen-bond acceptors (Lipinski definition) is 5. The molecule has 0 aliphatic carbocycles. The van der Waals surface area contributed by atoms with Crippen LogP contribution in [0.3, 0.4) is 0 Å². The first kappa shape index (κ1) is 22.9. The third-order valence-corrected chi connectivity index (χ3v) is 7.19. The SMILES string of the molecule is CCOc1ccc2ccccc2c1C(=O)N(Cc1ccccc1)c1nc2c(OC)ccc(C)c2s1. The monoisotopic (exact) mass is 482 g/mol. The molecule has 5 rings (SSSR count). The van der Waals surface area contributed by atoms with Gasteiger partial charge in [0, 0.05) is 0 Å². The molecule has 0 bridgehead atoms. The predicted molar refractivity (Wildman–Crippen MR) is 143 cm³/mol. The minimum atomic E-state index is -0.148. The van der Waals surface area contributed by atoms with Gasteiger partial charge in [-0.2, -0.15) is 0 Å². The number of rotatable bonds is 7. The quantitative estimate of drug-likeness (QED) is 0.250. The Hall–Kier alpha value is -3.90. The van der Waals surface area contributed by atoms with Crippen molar-refractivity contribution < 1.29 is 14.3 Å². The molecule has 176 valence electrons. The van der Waals surface area contributed by atoms with Crippen LogP contribution in [0.15, 0.2) is 78.9 Å². The minimum Gasteiger partial charge on any atom is -0.494 e. The number of aryl methyl sites for hydroxylation is 1. The van der Waals surface area contributed by atoms with E-state index in [1.807, 2.05) is 92.7 Å². The summed E-state index contributed by atoms with van der Waals surface area (Å²) in [5.74, 6) is 1.12. The van der Waals surface area contributed by atoms with Crippen molar-refractivity contribution in [3.63, 3.8) is 0 Å². The number of nitrogens with zero attached hydrogens (tertiary/aromatic N) is 2. The van der Waals surface area contributed by atoms with Crippen LogP contribution in [0, 0.1) is 6.92 Å². The number of methoxy groups -OCH3 is 1. The minimum absolute atomic E-state index is 0.148. The largest absolute Gasteiger partial charge is 0.494 e. The Kier molecular flexibility index (Phi) is 6.38. The molecule has 0 aliphatic heterocycles. The Morgan fingerprint density at radius 3 is 2.46 bits per heavy atom. The molecule has 6 heteroatoms. The van der Waals surface area contributed by atoms with Crippen LogP contribution in [-0.2, 0) is 6.54 Å².